The number of ether oxygens (including phenoxy) is 2. The van der Waals surface area contributed by atoms with Gasteiger partial charge in [0.1, 0.15) is 11.5 Å². The van der Waals surface area contributed by atoms with Gasteiger partial charge in [-0.3, -0.25) is 4.79 Å². The Morgan fingerprint density at radius 1 is 1.26 bits per heavy atom. The average Bonchev–Trinajstić information content (AvgIpc) is 2.49. The van der Waals surface area contributed by atoms with Crippen molar-refractivity contribution >= 4 is 5.91 Å². The number of benzene rings is 1. The fourth-order valence-electron chi connectivity index (χ4n) is 2.26. The van der Waals surface area contributed by atoms with E-state index in [0.717, 1.165) is 5.56 Å². The molecule has 0 fully saturated rings. The van der Waals surface area contributed by atoms with Crippen molar-refractivity contribution < 1.29 is 19.4 Å². The Bertz CT molecular complexity index is 520. The first-order valence-electron chi connectivity index (χ1n) is 7.87. The van der Waals surface area contributed by atoms with Crippen LogP contribution in [0.2, 0.25) is 0 Å². The Balaban J connectivity index is 3.02. The molecule has 1 aromatic rings. The van der Waals surface area contributed by atoms with Crippen molar-refractivity contribution in [1.29, 1.82) is 0 Å². The van der Waals surface area contributed by atoms with Crippen LogP contribution in [0.3, 0.4) is 0 Å². The van der Waals surface area contributed by atoms with Crippen LogP contribution in [0, 0.1) is 5.41 Å². The van der Waals surface area contributed by atoms with E-state index in [2.05, 4.69) is 0 Å². The Hall–Kier alpha value is -1.75. The van der Waals surface area contributed by atoms with E-state index >= 15 is 0 Å². The summed E-state index contributed by atoms with van der Waals surface area (Å²) in [6.07, 6.45) is 0.100. The van der Waals surface area contributed by atoms with Gasteiger partial charge in [0, 0.05) is 30.1 Å². The van der Waals surface area contributed by atoms with Crippen LogP contribution in [0.5, 0.6) is 11.5 Å². The van der Waals surface area contributed by atoms with E-state index in [0.29, 0.717) is 31.0 Å². The van der Waals surface area contributed by atoms with Gasteiger partial charge in [-0.15, -0.1) is 0 Å². The fraction of sp³-hybridized carbons (Fsp3) is 0.611. The highest BCUT2D eigenvalue weighted by atomic mass is 16.5. The summed E-state index contributed by atoms with van der Waals surface area (Å²) in [7, 11) is 3.20. The summed E-state index contributed by atoms with van der Waals surface area (Å²) in [5, 5.41) is 9.54. The lowest BCUT2D eigenvalue weighted by molar-refractivity contribution is -0.140. The highest BCUT2D eigenvalue weighted by Gasteiger charge is 2.28. The Morgan fingerprint density at radius 3 is 2.39 bits per heavy atom. The van der Waals surface area contributed by atoms with E-state index in [9.17, 15) is 9.90 Å². The molecule has 0 unspecified atom stereocenters. The number of carbonyl (C=O) groups is 1. The lowest BCUT2D eigenvalue weighted by atomic mass is 9.94. The van der Waals surface area contributed by atoms with Gasteiger partial charge in [-0.25, -0.2) is 0 Å². The number of methoxy groups -OCH3 is 2. The zero-order valence-corrected chi connectivity index (χ0v) is 15.0. The molecule has 1 rings (SSSR count). The zero-order chi connectivity index (χ0) is 17.6. The molecule has 0 radical (unpaired) electrons. The predicted molar refractivity (Wildman–Crippen MR) is 90.7 cm³/mol. The smallest absolute Gasteiger partial charge is 0.228 e. The van der Waals surface area contributed by atoms with E-state index in [4.69, 9.17) is 9.47 Å². The quantitative estimate of drug-likeness (QED) is 0.838. The molecule has 0 bridgehead atoms. The van der Waals surface area contributed by atoms with Gasteiger partial charge in [0.05, 0.1) is 20.3 Å². The SMILES string of the molecule is COc1ccc(CN(CC[C@H](C)O)C(=O)C(C)(C)C)c(OC)c1. The molecule has 0 heterocycles. The molecule has 0 saturated heterocycles. The minimum absolute atomic E-state index is 0.0519. The predicted octanol–water partition coefficient (Wildman–Crippen LogP) is 2.85. The maximum atomic E-state index is 12.7. The zero-order valence-electron chi connectivity index (χ0n) is 15.0. The molecule has 0 spiro atoms. The first-order chi connectivity index (χ1) is 10.7. The standard InChI is InChI=1S/C18H29NO4/c1-13(20)9-10-19(17(21)18(2,3)4)12-14-7-8-15(22-5)11-16(14)23-6/h7-8,11,13,20H,9-10,12H2,1-6H3/t13-/m0/s1. The second-order valence-corrected chi connectivity index (χ2v) is 6.79. The number of rotatable bonds is 7. The second kappa shape index (κ2) is 8.20. The number of hydrogen-bond acceptors (Lipinski definition) is 4. The third-order valence-corrected chi connectivity index (χ3v) is 3.60. The first-order valence-corrected chi connectivity index (χ1v) is 7.87. The molecule has 1 N–H and O–H groups in total. The maximum Gasteiger partial charge on any atom is 0.228 e. The van der Waals surface area contributed by atoms with Crippen LogP contribution < -0.4 is 9.47 Å². The van der Waals surface area contributed by atoms with Gasteiger partial charge in [-0.2, -0.15) is 0 Å². The van der Waals surface area contributed by atoms with Gasteiger partial charge in [0.15, 0.2) is 0 Å². The second-order valence-electron chi connectivity index (χ2n) is 6.79. The summed E-state index contributed by atoms with van der Waals surface area (Å²) in [6, 6.07) is 5.57. The van der Waals surface area contributed by atoms with Crippen LogP contribution in [0.25, 0.3) is 0 Å². The van der Waals surface area contributed by atoms with Crippen LogP contribution in [-0.4, -0.2) is 42.8 Å². The van der Waals surface area contributed by atoms with Gasteiger partial charge in [0.25, 0.3) is 0 Å². The highest BCUT2D eigenvalue weighted by Crippen LogP contribution is 2.27. The van der Waals surface area contributed by atoms with E-state index in [1.807, 2.05) is 39.0 Å². The third-order valence-electron chi connectivity index (χ3n) is 3.60. The fourth-order valence-corrected chi connectivity index (χ4v) is 2.26. The van der Waals surface area contributed by atoms with Gasteiger partial charge < -0.3 is 19.5 Å². The number of amides is 1. The number of aliphatic hydroxyl groups is 1. The number of hydrogen-bond donors (Lipinski definition) is 1. The lowest BCUT2D eigenvalue weighted by Gasteiger charge is -2.30. The molecule has 5 nitrogen and oxygen atoms in total. The molecule has 1 atom stereocenters. The van der Waals surface area contributed by atoms with Gasteiger partial charge in [0.2, 0.25) is 5.91 Å². The van der Waals surface area contributed by atoms with Crippen molar-refractivity contribution in [3.8, 4) is 11.5 Å². The minimum Gasteiger partial charge on any atom is -0.497 e. The van der Waals surface area contributed by atoms with E-state index in [1.54, 1.807) is 26.0 Å². The molecule has 0 aromatic heterocycles. The van der Waals surface area contributed by atoms with E-state index < -0.39 is 11.5 Å². The molecule has 0 aliphatic heterocycles. The van der Waals surface area contributed by atoms with E-state index in [1.165, 1.54) is 0 Å². The first kappa shape index (κ1) is 19.3. The van der Waals surface area contributed by atoms with E-state index in [-0.39, 0.29) is 5.91 Å². The summed E-state index contributed by atoms with van der Waals surface area (Å²) in [5.74, 6) is 1.45. The van der Waals surface area contributed by atoms with Crippen LogP contribution in [0.4, 0.5) is 0 Å². The number of carbonyl (C=O) groups excluding carboxylic acids is 1. The number of nitrogens with zero attached hydrogens (tertiary/aromatic N) is 1. The van der Waals surface area contributed by atoms with Crippen molar-refractivity contribution in [1.82, 2.24) is 4.90 Å². The molecule has 1 amide bonds. The molecular formula is C18H29NO4. The topological polar surface area (TPSA) is 59.0 Å². The molecule has 1 aromatic carbocycles. The molecular weight excluding hydrogens is 294 g/mol. The summed E-state index contributed by atoms with van der Waals surface area (Å²) >= 11 is 0. The third kappa shape index (κ3) is 5.75. The molecule has 130 valence electrons. The summed E-state index contributed by atoms with van der Waals surface area (Å²) in [6.45, 7) is 8.37. The molecule has 23 heavy (non-hydrogen) atoms. The lowest BCUT2D eigenvalue weighted by Crippen LogP contribution is -2.40. The largest absolute Gasteiger partial charge is 0.497 e. The maximum absolute atomic E-state index is 12.7. The highest BCUT2D eigenvalue weighted by molar-refractivity contribution is 5.81. The van der Waals surface area contributed by atoms with Crippen molar-refractivity contribution in [3.63, 3.8) is 0 Å². The molecule has 0 aliphatic carbocycles. The van der Waals surface area contributed by atoms with Crippen LogP contribution in [0.15, 0.2) is 18.2 Å². The van der Waals surface area contributed by atoms with Gasteiger partial charge in [-0.05, 0) is 25.5 Å². The molecule has 0 aliphatic rings. The van der Waals surface area contributed by atoms with Crippen molar-refractivity contribution in [2.24, 2.45) is 5.41 Å². The monoisotopic (exact) mass is 323 g/mol. The Morgan fingerprint density at radius 2 is 1.91 bits per heavy atom. The van der Waals surface area contributed by atoms with Gasteiger partial charge in [-0.1, -0.05) is 20.8 Å². The van der Waals surface area contributed by atoms with Crippen LogP contribution in [0.1, 0.15) is 39.7 Å². The van der Waals surface area contributed by atoms with Crippen molar-refractivity contribution in [2.45, 2.75) is 46.8 Å². The van der Waals surface area contributed by atoms with Gasteiger partial charge >= 0.3 is 0 Å². The van der Waals surface area contributed by atoms with Crippen molar-refractivity contribution in [3.05, 3.63) is 23.8 Å². The van der Waals surface area contributed by atoms with Crippen molar-refractivity contribution in [2.75, 3.05) is 20.8 Å². The number of aliphatic hydroxyl groups excluding tert-OH is 1. The van der Waals surface area contributed by atoms with Crippen LogP contribution in [-0.2, 0) is 11.3 Å². The molecule has 5 heteroatoms. The van der Waals surface area contributed by atoms with Crippen LogP contribution >= 0.6 is 0 Å². The molecule has 0 saturated carbocycles. The Kier molecular flexibility index (Phi) is 6.88. The summed E-state index contributed by atoms with van der Waals surface area (Å²) in [4.78, 5) is 14.5. The minimum atomic E-state index is -0.474. The normalized spacial score (nSPS) is 12.7. The summed E-state index contributed by atoms with van der Waals surface area (Å²) in [5.41, 5.74) is 0.440. The average molecular weight is 323 g/mol. The summed E-state index contributed by atoms with van der Waals surface area (Å²) < 4.78 is 10.6. The Labute approximate surface area is 139 Å².